The second-order valence-corrected chi connectivity index (χ2v) is 5.46. The molecule has 0 saturated carbocycles. The second-order valence-electron chi connectivity index (χ2n) is 3.81. The van der Waals surface area contributed by atoms with Crippen LogP contribution >= 0.6 is 0 Å². The van der Waals surface area contributed by atoms with Gasteiger partial charge in [0.25, 0.3) is 10.0 Å². The smallest absolute Gasteiger partial charge is 0.262 e. The second kappa shape index (κ2) is 4.66. The summed E-state index contributed by atoms with van der Waals surface area (Å²) in [5.74, 6) is 0. The molecule has 2 aromatic rings. The topological polar surface area (TPSA) is 79.0 Å². The molecule has 0 fully saturated rings. The van der Waals surface area contributed by atoms with Gasteiger partial charge in [0.05, 0.1) is 10.6 Å². The third-order valence-corrected chi connectivity index (χ3v) is 3.96. The number of aromatic amines is 1. The van der Waals surface area contributed by atoms with Gasteiger partial charge in [-0.05, 0) is 24.6 Å². The number of H-pyrrole nitrogens is 1. The van der Waals surface area contributed by atoms with Crippen molar-refractivity contribution in [3.8, 4) is 0 Å². The van der Waals surface area contributed by atoms with Gasteiger partial charge in [0.2, 0.25) is 5.56 Å². The van der Waals surface area contributed by atoms with E-state index in [1.54, 1.807) is 25.1 Å². The van der Waals surface area contributed by atoms with E-state index in [1.165, 1.54) is 24.4 Å². The van der Waals surface area contributed by atoms with Crippen LogP contribution in [-0.2, 0) is 10.0 Å². The summed E-state index contributed by atoms with van der Waals surface area (Å²) in [5.41, 5.74) is 0.695. The van der Waals surface area contributed by atoms with Crippen molar-refractivity contribution >= 4 is 15.7 Å². The van der Waals surface area contributed by atoms with Crippen LogP contribution in [-0.4, -0.2) is 13.4 Å². The Morgan fingerprint density at radius 2 is 1.83 bits per heavy atom. The molecule has 1 heterocycles. The molecule has 0 radical (unpaired) electrons. The number of aryl methyl sites for hydroxylation is 1. The summed E-state index contributed by atoms with van der Waals surface area (Å²) in [6.07, 6.45) is 1.32. The van der Waals surface area contributed by atoms with E-state index in [9.17, 15) is 13.2 Å². The molecule has 0 unspecified atom stereocenters. The summed E-state index contributed by atoms with van der Waals surface area (Å²) in [4.78, 5) is 13.5. The summed E-state index contributed by atoms with van der Waals surface area (Å²) in [6, 6.07) is 9.36. The highest BCUT2D eigenvalue weighted by atomic mass is 32.2. The summed E-state index contributed by atoms with van der Waals surface area (Å²) in [5, 5.41) is 0. The van der Waals surface area contributed by atoms with Crippen LogP contribution in [0, 0.1) is 6.92 Å². The summed E-state index contributed by atoms with van der Waals surface area (Å²) in [6.45, 7) is 1.72. The van der Waals surface area contributed by atoms with Gasteiger partial charge in [0.15, 0.2) is 0 Å². The van der Waals surface area contributed by atoms with Crippen molar-refractivity contribution in [1.82, 2.24) is 4.98 Å². The third kappa shape index (κ3) is 2.60. The Balaban J connectivity index is 2.36. The van der Waals surface area contributed by atoms with Crippen LogP contribution in [0.2, 0.25) is 0 Å². The van der Waals surface area contributed by atoms with Crippen LogP contribution in [0.3, 0.4) is 0 Å². The minimum atomic E-state index is -3.63. The van der Waals surface area contributed by atoms with Crippen LogP contribution in [0.1, 0.15) is 5.56 Å². The Morgan fingerprint density at radius 3 is 2.44 bits per heavy atom. The molecule has 0 aliphatic heterocycles. The molecule has 0 spiro atoms. The van der Waals surface area contributed by atoms with Gasteiger partial charge < -0.3 is 4.98 Å². The van der Waals surface area contributed by atoms with Crippen molar-refractivity contribution in [2.75, 3.05) is 4.72 Å². The molecular formula is C12H12N2O3S. The molecule has 1 aromatic carbocycles. The lowest BCUT2D eigenvalue weighted by Crippen LogP contribution is -2.15. The monoisotopic (exact) mass is 264 g/mol. The Bertz CT molecular complexity index is 700. The van der Waals surface area contributed by atoms with Crippen LogP contribution in [0.25, 0.3) is 0 Å². The SMILES string of the molecule is Cc1ccccc1S(=O)(=O)Nc1ccc(=O)[nH]c1. The average Bonchev–Trinajstić information content (AvgIpc) is 2.32. The quantitative estimate of drug-likeness (QED) is 0.881. The van der Waals surface area contributed by atoms with Gasteiger partial charge in [-0.1, -0.05) is 18.2 Å². The minimum Gasteiger partial charge on any atom is -0.327 e. The molecule has 6 heteroatoms. The maximum Gasteiger partial charge on any atom is 0.262 e. The molecule has 5 nitrogen and oxygen atoms in total. The fourth-order valence-corrected chi connectivity index (χ4v) is 2.84. The van der Waals surface area contributed by atoms with E-state index in [4.69, 9.17) is 0 Å². The largest absolute Gasteiger partial charge is 0.327 e. The lowest BCUT2D eigenvalue weighted by molar-refractivity contribution is 0.600. The molecule has 0 atom stereocenters. The van der Waals surface area contributed by atoms with Gasteiger partial charge >= 0.3 is 0 Å². The zero-order valence-corrected chi connectivity index (χ0v) is 10.5. The molecule has 94 valence electrons. The number of benzene rings is 1. The van der Waals surface area contributed by atoms with Gasteiger partial charge in [-0.2, -0.15) is 0 Å². The van der Waals surface area contributed by atoms with Crippen LogP contribution in [0.15, 0.2) is 52.3 Å². The predicted octanol–water partition coefficient (Wildman–Crippen LogP) is 1.48. The van der Waals surface area contributed by atoms with E-state index in [2.05, 4.69) is 9.71 Å². The molecule has 0 amide bonds. The summed E-state index contributed by atoms with van der Waals surface area (Å²) in [7, 11) is -3.63. The van der Waals surface area contributed by atoms with Crippen LogP contribution in [0.5, 0.6) is 0 Å². The van der Waals surface area contributed by atoms with Crippen molar-refractivity contribution in [2.24, 2.45) is 0 Å². The van der Waals surface area contributed by atoms with E-state index >= 15 is 0 Å². The normalized spacial score (nSPS) is 11.2. The average molecular weight is 264 g/mol. The van der Waals surface area contributed by atoms with Crippen molar-refractivity contribution in [3.63, 3.8) is 0 Å². The maximum atomic E-state index is 12.1. The van der Waals surface area contributed by atoms with Gasteiger partial charge in [-0.25, -0.2) is 8.42 Å². The highest BCUT2D eigenvalue weighted by Crippen LogP contribution is 2.17. The fraction of sp³-hybridized carbons (Fsp3) is 0.0833. The number of sulfonamides is 1. The van der Waals surface area contributed by atoms with Gasteiger partial charge in [-0.3, -0.25) is 9.52 Å². The Labute approximate surface area is 105 Å². The first-order valence-electron chi connectivity index (χ1n) is 5.26. The lowest BCUT2D eigenvalue weighted by atomic mass is 10.2. The van der Waals surface area contributed by atoms with E-state index in [-0.39, 0.29) is 10.5 Å². The number of pyridine rings is 1. The number of aromatic nitrogens is 1. The third-order valence-electron chi connectivity index (χ3n) is 2.42. The molecule has 0 bridgehead atoms. The number of hydrogen-bond donors (Lipinski definition) is 2. The minimum absolute atomic E-state index is 0.219. The van der Waals surface area contributed by atoms with Crippen molar-refractivity contribution < 1.29 is 8.42 Å². The molecule has 0 saturated heterocycles. The van der Waals surface area contributed by atoms with E-state index < -0.39 is 10.0 Å². The van der Waals surface area contributed by atoms with E-state index in [1.807, 2.05) is 0 Å². The van der Waals surface area contributed by atoms with Crippen molar-refractivity contribution in [1.29, 1.82) is 0 Å². The van der Waals surface area contributed by atoms with Crippen molar-refractivity contribution in [3.05, 3.63) is 58.5 Å². The first-order valence-corrected chi connectivity index (χ1v) is 6.74. The Morgan fingerprint density at radius 1 is 1.11 bits per heavy atom. The van der Waals surface area contributed by atoms with E-state index in [0.717, 1.165) is 0 Å². The Hall–Kier alpha value is -2.08. The molecule has 1 aromatic heterocycles. The summed E-state index contributed by atoms with van der Waals surface area (Å²) < 4.78 is 26.6. The molecule has 2 rings (SSSR count). The number of rotatable bonds is 3. The fourth-order valence-electron chi connectivity index (χ4n) is 1.54. The van der Waals surface area contributed by atoms with Crippen LogP contribution < -0.4 is 10.3 Å². The standard InChI is InChI=1S/C12H12N2O3S/c1-9-4-2-3-5-11(9)18(16,17)14-10-6-7-12(15)13-8-10/h2-8,14H,1H3,(H,13,15). The Kier molecular flexibility index (Phi) is 3.20. The molecule has 2 N–H and O–H groups in total. The molecule has 0 aliphatic carbocycles. The summed E-state index contributed by atoms with van der Waals surface area (Å²) >= 11 is 0. The van der Waals surface area contributed by atoms with Gasteiger partial charge in [0.1, 0.15) is 0 Å². The van der Waals surface area contributed by atoms with Crippen LogP contribution in [0.4, 0.5) is 5.69 Å². The molecule has 0 aliphatic rings. The maximum absolute atomic E-state index is 12.1. The highest BCUT2D eigenvalue weighted by molar-refractivity contribution is 7.92. The number of anilines is 1. The van der Waals surface area contributed by atoms with Gasteiger partial charge in [-0.15, -0.1) is 0 Å². The highest BCUT2D eigenvalue weighted by Gasteiger charge is 2.15. The zero-order chi connectivity index (χ0) is 13.2. The molecular weight excluding hydrogens is 252 g/mol. The first kappa shape index (κ1) is 12.4. The van der Waals surface area contributed by atoms with E-state index in [0.29, 0.717) is 11.3 Å². The lowest BCUT2D eigenvalue weighted by Gasteiger charge is -2.09. The number of nitrogens with one attached hydrogen (secondary N) is 2. The first-order chi connectivity index (χ1) is 8.49. The van der Waals surface area contributed by atoms with Crippen molar-refractivity contribution in [2.45, 2.75) is 11.8 Å². The predicted molar refractivity (Wildman–Crippen MR) is 69.1 cm³/mol. The molecule has 18 heavy (non-hydrogen) atoms. The number of hydrogen-bond acceptors (Lipinski definition) is 3. The zero-order valence-electron chi connectivity index (χ0n) is 9.67. The van der Waals surface area contributed by atoms with Gasteiger partial charge in [0, 0.05) is 12.3 Å².